The zero-order chi connectivity index (χ0) is 19.4. The van der Waals surface area contributed by atoms with Gasteiger partial charge in [-0.25, -0.2) is 9.78 Å². The number of rotatable bonds is 6. The van der Waals surface area contributed by atoms with Crippen LogP contribution in [0.5, 0.6) is 11.5 Å². The van der Waals surface area contributed by atoms with E-state index >= 15 is 0 Å². The van der Waals surface area contributed by atoms with Crippen LogP contribution in [0.1, 0.15) is 16.1 Å². The van der Waals surface area contributed by atoms with Crippen molar-refractivity contribution in [2.24, 2.45) is 0 Å². The molecular weight excluding hydrogens is 409 g/mol. The number of benzene rings is 2. The van der Waals surface area contributed by atoms with E-state index < -0.39 is 5.97 Å². The molecular formula is C19H15Cl2NO4S. The highest BCUT2D eigenvalue weighted by molar-refractivity contribution is 7.13. The average molecular weight is 424 g/mol. The summed E-state index contributed by atoms with van der Waals surface area (Å²) in [4.78, 5) is 16.7. The number of nitrogens with zero attached hydrogens (tertiary/aromatic N) is 1. The van der Waals surface area contributed by atoms with Gasteiger partial charge >= 0.3 is 5.97 Å². The Balaban J connectivity index is 1.73. The second-order valence-corrected chi connectivity index (χ2v) is 7.06. The van der Waals surface area contributed by atoms with Crippen LogP contribution in [-0.4, -0.2) is 25.2 Å². The molecule has 140 valence electrons. The summed E-state index contributed by atoms with van der Waals surface area (Å²) in [6.45, 7) is 0.0435. The van der Waals surface area contributed by atoms with E-state index in [0.717, 1.165) is 10.6 Å². The maximum absolute atomic E-state index is 12.2. The van der Waals surface area contributed by atoms with Gasteiger partial charge in [0.2, 0.25) is 0 Å². The van der Waals surface area contributed by atoms with E-state index in [1.807, 2.05) is 23.6 Å². The molecule has 0 N–H and O–H groups in total. The monoisotopic (exact) mass is 423 g/mol. The van der Waals surface area contributed by atoms with Gasteiger partial charge in [0.25, 0.3) is 0 Å². The molecule has 0 saturated heterocycles. The van der Waals surface area contributed by atoms with Crippen molar-refractivity contribution in [1.82, 2.24) is 4.98 Å². The van der Waals surface area contributed by atoms with Crippen molar-refractivity contribution in [1.29, 1.82) is 0 Å². The van der Waals surface area contributed by atoms with Gasteiger partial charge in [-0.05, 0) is 30.3 Å². The topological polar surface area (TPSA) is 57.7 Å². The lowest BCUT2D eigenvalue weighted by atomic mass is 10.2. The molecule has 3 rings (SSSR count). The van der Waals surface area contributed by atoms with Crippen LogP contribution in [0.15, 0.2) is 41.8 Å². The van der Waals surface area contributed by atoms with Crippen LogP contribution in [0, 0.1) is 0 Å². The second kappa shape index (κ2) is 8.61. The maximum atomic E-state index is 12.2. The average Bonchev–Trinajstić information content (AvgIpc) is 3.16. The smallest absolute Gasteiger partial charge is 0.338 e. The molecule has 0 aliphatic heterocycles. The molecule has 0 atom stereocenters. The highest BCUT2D eigenvalue weighted by Gasteiger charge is 2.16. The van der Waals surface area contributed by atoms with Gasteiger partial charge in [-0.2, -0.15) is 0 Å². The molecule has 0 fully saturated rings. The molecule has 0 aliphatic rings. The van der Waals surface area contributed by atoms with Crippen LogP contribution in [0.3, 0.4) is 0 Å². The quantitative estimate of drug-likeness (QED) is 0.490. The Hall–Kier alpha value is -2.28. The first-order chi connectivity index (χ1) is 13.0. The number of methoxy groups -OCH3 is 2. The number of halogens is 2. The number of para-hydroxylation sites is 1. The highest BCUT2D eigenvalue weighted by atomic mass is 35.5. The van der Waals surface area contributed by atoms with Crippen molar-refractivity contribution in [2.75, 3.05) is 14.2 Å². The zero-order valence-electron chi connectivity index (χ0n) is 14.5. The number of carbonyl (C=O) groups excluding carboxylic acids is 1. The molecule has 0 bridgehead atoms. The van der Waals surface area contributed by atoms with Gasteiger partial charge in [0.15, 0.2) is 11.5 Å². The van der Waals surface area contributed by atoms with E-state index in [9.17, 15) is 4.79 Å². The van der Waals surface area contributed by atoms with Crippen molar-refractivity contribution in [3.8, 4) is 22.1 Å². The van der Waals surface area contributed by atoms with Gasteiger partial charge in [0, 0.05) is 5.38 Å². The minimum absolute atomic E-state index is 0.0435. The lowest BCUT2D eigenvalue weighted by molar-refractivity contribution is 0.0468. The standard InChI is InChI=1S/C19H15Cl2NO4S/c1-24-16-5-3-4-13(17(16)25-2)18-22-12(10-27-18)9-26-19(23)11-6-7-14(20)15(21)8-11/h3-8,10H,9H2,1-2H3. The molecule has 27 heavy (non-hydrogen) atoms. The Morgan fingerprint density at radius 1 is 1.11 bits per heavy atom. The normalized spacial score (nSPS) is 10.5. The summed E-state index contributed by atoms with van der Waals surface area (Å²) in [5.41, 5.74) is 1.77. The fraction of sp³-hybridized carbons (Fsp3) is 0.158. The van der Waals surface area contributed by atoms with Crippen molar-refractivity contribution in [3.63, 3.8) is 0 Å². The van der Waals surface area contributed by atoms with Crippen molar-refractivity contribution < 1.29 is 19.0 Å². The predicted octanol–water partition coefficient (Wildman–Crippen LogP) is 5.49. The van der Waals surface area contributed by atoms with Crippen LogP contribution in [-0.2, 0) is 11.3 Å². The van der Waals surface area contributed by atoms with Crippen LogP contribution >= 0.6 is 34.5 Å². The third-order valence-corrected chi connectivity index (χ3v) is 5.35. The number of carbonyl (C=O) groups is 1. The molecule has 8 heteroatoms. The van der Waals surface area contributed by atoms with Crippen molar-refractivity contribution >= 4 is 40.5 Å². The summed E-state index contributed by atoms with van der Waals surface area (Å²) in [5, 5.41) is 3.25. The summed E-state index contributed by atoms with van der Waals surface area (Å²) in [5.74, 6) is 0.730. The Bertz CT molecular complexity index is 974. The van der Waals surface area contributed by atoms with Crippen LogP contribution in [0.2, 0.25) is 10.0 Å². The van der Waals surface area contributed by atoms with E-state index in [-0.39, 0.29) is 6.61 Å². The van der Waals surface area contributed by atoms with E-state index in [0.29, 0.717) is 32.8 Å². The van der Waals surface area contributed by atoms with Crippen LogP contribution < -0.4 is 9.47 Å². The van der Waals surface area contributed by atoms with Crippen molar-refractivity contribution in [3.05, 3.63) is 63.1 Å². The Labute approximate surface area is 170 Å². The van der Waals surface area contributed by atoms with E-state index in [4.69, 9.17) is 37.4 Å². The first-order valence-corrected chi connectivity index (χ1v) is 9.45. The lowest BCUT2D eigenvalue weighted by Crippen LogP contribution is -2.05. The SMILES string of the molecule is COc1cccc(-c2nc(COC(=O)c3ccc(Cl)c(Cl)c3)cs2)c1OC. The number of esters is 1. The number of hydrogen-bond donors (Lipinski definition) is 0. The maximum Gasteiger partial charge on any atom is 0.338 e. The zero-order valence-corrected chi connectivity index (χ0v) is 16.8. The predicted molar refractivity (Wildman–Crippen MR) is 106 cm³/mol. The summed E-state index contributed by atoms with van der Waals surface area (Å²) in [6, 6.07) is 10.2. The number of aromatic nitrogens is 1. The van der Waals surface area contributed by atoms with Gasteiger partial charge in [0.1, 0.15) is 11.6 Å². The molecule has 5 nitrogen and oxygen atoms in total. The second-order valence-electron chi connectivity index (χ2n) is 5.39. The Morgan fingerprint density at radius 2 is 1.93 bits per heavy atom. The van der Waals surface area contributed by atoms with Crippen molar-refractivity contribution in [2.45, 2.75) is 6.61 Å². The first kappa shape index (κ1) is 19.5. The Morgan fingerprint density at radius 3 is 2.63 bits per heavy atom. The molecule has 0 aliphatic carbocycles. The minimum atomic E-state index is -0.498. The molecule has 0 unspecified atom stereocenters. The summed E-state index contributed by atoms with van der Waals surface area (Å²) >= 11 is 13.2. The van der Waals surface area contributed by atoms with E-state index in [2.05, 4.69) is 4.98 Å². The number of thiazole rings is 1. The first-order valence-electron chi connectivity index (χ1n) is 7.81. The van der Waals surface area contributed by atoms with E-state index in [1.54, 1.807) is 26.4 Å². The number of hydrogen-bond acceptors (Lipinski definition) is 6. The molecule has 1 heterocycles. The molecule has 0 saturated carbocycles. The van der Waals surface area contributed by atoms with Crippen LogP contribution in [0.25, 0.3) is 10.6 Å². The molecule has 0 amide bonds. The third-order valence-electron chi connectivity index (χ3n) is 3.69. The molecule has 0 radical (unpaired) electrons. The van der Waals surface area contributed by atoms with Crippen LogP contribution in [0.4, 0.5) is 0 Å². The number of ether oxygens (including phenoxy) is 3. The fourth-order valence-electron chi connectivity index (χ4n) is 2.40. The minimum Gasteiger partial charge on any atom is -0.493 e. The summed E-state index contributed by atoms with van der Waals surface area (Å²) in [7, 11) is 3.16. The van der Waals surface area contributed by atoms with E-state index in [1.165, 1.54) is 17.4 Å². The molecule has 3 aromatic rings. The van der Waals surface area contributed by atoms with Gasteiger partial charge in [-0.3, -0.25) is 0 Å². The van der Waals surface area contributed by atoms with Gasteiger partial charge in [-0.15, -0.1) is 11.3 Å². The summed E-state index contributed by atoms with van der Waals surface area (Å²) in [6.07, 6.45) is 0. The lowest BCUT2D eigenvalue weighted by Gasteiger charge is -2.10. The van der Waals surface area contributed by atoms with Gasteiger partial charge in [0.05, 0.1) is 41.1 Å². The third kappa shape index (κ3) is 4.35. The molecule has 2 aromatic carbocycles. The molecule has 1 aromatic heterocycles. The largest absolute Gasteiger partial charge is 0.493 e. The Kier molecular flexibility index (Phi) is 6.21. The fourth-order valence-corrected chi connectivity index (χ4v) is 3.52. The highest BCUT2D eigenvalue weighted by Crippen LogP contribution is 2.39. The molecule has 0 spiro atoms. The van der Waals surface area contributed by atoms with Gasteiger partial charge < -0.3 is 14.2 Å². The summed E-state index contributed by atoms with van der Waals surface area (Å²) < 4.78 is 16.1. The van der Waals surface area contributed by atoms with Gasteiger partial charge in [-0.1, -0.05) is 29.3 Å².